The number of rotatable bonds is 1. The second kappa shape index (κ2) is 3.86. The number of pyridine rings is 1. The average Bonchev–Trinajstić information content (AvgIpc) is 2.83. The molecular weight excluding hydrogens is 322 g/mol. The summed E-state index contributed by atoms with van der Waals surface area (Å²) in [5.41, 5.74) is 1.35. The van der Waals surface area contributed by atoms with Gasteiger partial charge in [0.2, 0.25) is 0 Å². The van der Waals surface area contributed by atoms with Gasteiger partial charge in [-0.15, -0.1) is 0 Å². The van der Waals surface area contributed by atoms with Gasteiger partial charge in [0.05, 0.1) is 3.57 Å². The number of aromatic nitrogens is 1. The molecule has 1 N–H and O–H groups in total. The first-order chi connectivity index (χ1) is 7.24. The van der Waals surface area contributed by atoms with E-state index in [1.54, 1.807) is 0 Å². The average molecular weight is 335 g/mol. The van der Waals surface area contributed by atoms with Crippen LogP contribution in [0, 0.1) is 3.57 Å². The molecule has 3 atom stereocenters. The molecule has 0 radical (unpaired) electrons. The van der Waals surface area contributed by atoms with Gasteiger partial charge in [0.1, 0.15) is 5.15 Å². The Bertz CT molecular complexity index is 396. The van der Waals surface area contributed by atoms with Crippen molar-refractivity contribution in [2.45, 2.75) is 37.3 Å². The van der Waals surface area contributed by atoms with Gasteiger partial charge in [-0.1, -0.05) is 11.6 Å². The van der Waals surface area contributed by atoms with Gasteiger partial charge in [-0.05, 0) is 53.5 Å². The summed E-state index contributed by atoms with van der Waals surface area (Å²) in [4.78, 5) is 4.24. The van der Waals surface area contributed by atoms with Crippen molar-refractivity contribution in [1.82, 2.24) is 10.3 Å². The lowest BCUT2D eigenvalue weighted by Crippen LogP contribution is -2.21. The Balaban J connectivity index is 1.90. The maximum atomic E-state index is 5.93. The number of halogens is 2. The molecule has 3 rings (SSSR count). The predicted octanol–water partition coefficient (Wildman–Crippen LogP) is 2.95. The fraction of sp³-hybridized carbons (Fsp3) is 0.545. The van der Waals surface area contributed by atoms with Crippen molar-refractivity contribution in [2.24, 2.45) is 0 Å². The fourth-order valence-electron chi connectivity index (χ4n) is 2.83. The Morgan fingerprint density at radius 3 is 2.93 bits per heavy atom. The molecular formula is C11H12ClIN2. The molecule has 2 fully saturated rings. The zero-order valence-electron chi connectivity index (χ0n) is 8.21. The van der Waals surface area contributed by atoms with Crippen molar-refractivity contribution in [3.8, 4) is 0 Å². The van der Waals surface area contributed by atoms with E-state index in [9.17, 15) is 0 Å². The SMILES string of the molecule is Clc1ncc(C2CC3CCC2N3)cc1I. The van der Waals surface area contributed by atoms with Gasteiger partial charge in [0.15, 0.2) is 0 Å². The van der Waals surface area contributed by atoms with Gasteiger partial charge in [-0.3, -0.25) is 0 Å². The summed E-state index contributed by atoms with van der Waals surface area (Å²) in [7, 11) is 0. The second-order valence-corrected chi connectivity index (χ2v) is 5.95. The van der Waals surface area contributed by atoms with Gasteiger partial charge >= 0.3 is 0 Å². The minimum atomic E-state index is 0.621. The minimum Gasteiger partial charge on any atom is -0.311 e. The normalized spacial score (nSPS) is 33.6. The zero-order chi connectivity index (χ0) is 10.4. The zero-order valence-corrected chi connectivity index (χ0v) is 11.1. The van der Waals surface area contributed by atoms with Crippen molar-refractivity contribution in [2.75, 3.05) is 0 Å². The molecule has 0 amide bonds. The third-order valence-corrected chi connectivity index (χ3v) is 4.99. The van der Waals surface area contributed by atoms with Crippen LogP contribution < -0.4 is 5.32 Å². The van der Waals surface area contributed by atoms with E-state index in [-0.39, 0.29) is 0 Å². The summed E-state index contributed by atoms with van der Waals surface area (Å²) in [6, 6.07) is 3.60. The minimum absolute atomic E-state index is 0.621. The molecule has 1 aromatic rings. The maximum Gasteiger partial charge on any atom is 0.142 e. The monoisotopic (exact) mass is 334 g/mol. The van der Waals surface area contributed by atoms with Crippen molar-refractivity contribution >= 4 is 34.2 Å². The van der Waals surface area contributed by atoms with Crippen LogP contribution in [-0.2, 0) is 0 Å². The largest absolute Gasteiger partial charge is 0.311 e. The van der Waals surface area contributed by atoms with E-state index in [1.807, 2.05) is 6.20 Å². The molecule has 0 aromatic carbocycles. The van der Waals surface area contributed by atoms with E-state index in [1.165, 1.54) is 24.8 Å². The van der Waals surface area contributed by atoms with Crippen LogP contribution in [0.2, 0.25) is 5.15 Å². The Kier molecular flexibility index (Phi) is 2.65. The Morgan fingerprint density at radius 2 is 2.33 bits per heavy atom. The lowest BCUT2D eigenvalue weighted by molar-refractivity contribution is 0.505. The molecule has 4 heteroatoms. The standard InChI is InChI=1S/C11H12ClIN2/c12-11-9(13)3-6(5-14-11)8-4-7-1-2-10(8)15-7/h3,5,7-8,10,15H,1-2,4H2. The smallest absolute Gasteiger partial charge is 0.142 e. The summed E-state index contributed by atoms with van der Waals surface area (Å²) in [5.74, 6) is 0.655. The van der Waals surface area contributed by atoms with Gasteiger partial charge in [0, 0.05) is 24.2 Å². The summed E-state index contributed by atoms with van der Waals surface area (Å²) in [6.07, 6.45) is 5.87. The first-order valence-corrected chi connectivity index (χ1v) is 6.76. The molecule has 1 aromatic heterocycles. The predicted molar refractivity (Wildman–Crippen MR) is 69.3 cm³/mol. The highest BCUT2D eigenvalue weighted by atomic mass is 127. The number of nitrogens with one attached hydrogen (secondary N) is 1. The highest BCUT2D eigenvalue weighted by Gasteiger charge is 2.39. The highest BCUT2D eigenvalue weighted by molar-refractivity contribution is 14.1. The van der Waals surface area contributed by atoms with Crippen LogP contribution in [-0.4, -0.2) is 17.1 Å². The summed E-state index contributed by atoms with van der Waals surface area (Å²) in [6.45, 7) is 0. The van der Waals surface area contributed by atoms with Gasteiger partial charge in [0.25, 0.3) is 0 Å². The fourth-order valence-corrected chi connectivity index (χ4v) is 3.43. The molecule has 15 heavy (non-hydrogen) atoms. The van der Waals surface area contributed by atoms with E-state index in [4.69, 9.17) is 11.6 Å². The number of fused-ring (bicyclic) bond motifs is 2. The van der Waals surface area contributed by atoms with Crippen LogP contribution in [0.4, 0.5) is 0 Å². The van der Waals surface area contributed by atoms with Crippen LogP contribution in [0.15, 0.2) is 12.3 Å². The quantitative estimate of drug-likeness (QED) is 0.631. The molecule has 2 bridgehead atoms. The molecule has 2 nitrogen and oxygen atoms in total. The summed E-state index contributed by atoms with van der Waals surface area (Å²) >= 11 is 8.18. The first-order valence-electron chi connectivity index (χ1n) is 5.31. The molecule has 0 spiro atoms. The molecule has 2 saturated heterocycles. The molecule has 0 saturated carbocycles. The van der Waals surface area contributed by atoms with E-state index >= 15 is 0 Å². The lowest BCUT2D eigenvalue weighted by atomic mass is 9.85. The van der Waals surface area contributed by atoms with Crippen molar-refractivity contribution in [3.05, 3.63) is 26.5 Å². The molecule has 0 aliphatic carbocycles. The van der Waals surface area contributed by atoms with E-state index in [0.717, 1.165) is 9.61 Å². The summed E-state index contributed by atoms with van der Waals surface area (Å²) < 4.78 is 1.06. The van der Waals surface area contributed by atoms with Crippen LogP contribution >= 0.6 is 34.2 Å². The van der Waals surface area contributed by atoms with Gasteiger partial charge in [-0.25, -0.2) is 4.98 Å². The van der Waals surface area contributed by atoms with Crippen LogP contribution in [0.5, 0.6) is 0 Å². The van der Waals surface area contributed by atoms with Gasteiger partial charge < -0.3 is 5.32 Å². The van der Waals surface area contributed by atoms with Crippen molar-refractivity contribution in [1.29, 1.82) is 0 Å². The Morgan fingerprint density at radius 1 is 1.47 bits per heavy atom. The number of hydrogen-bond acceptors (Lipinski definition) is 2. The van der Waals surface area contributed by atoms with Crippen molar-refractivity contribution < 1.29 is 0 Å². The van der Waals surface area contributed by atoms with Crippen LogP contribution in [0.1, 0.15) is 30.7 Å². The van der Waals surface area contributed by atoms with Crippen molar-refractivity contribution in [3.63, 3.8) is 0 Å². The molecule has 3 heterocycles. The first kappa shape index (κ1) is 10.3. The number of hydrogen-bond donors (Lipinski definition) is 1. The van der Waals surface area contributed by atoms with E-state index < -0.39 is 0 Å². The van der Waals surface area contributed by atoms with E-state index in [0.29, 0.717) is 17.1 Å². The third kappa shape index (κ3) is 1.78. The lowest BCUT2D eigenvalue weighted by Gasteiger charge is -2.20. The van der Waals surface area contributed by atoms with Gasteiger partial charge in [-0.2, -0.15) is 0 Å². The summed E-state index contributed by atoms with van der Waals surface area (Å²) in [5, 5.41) is 4.27. The number of nitrogens with zero attached hydrogens (tertiary/aromatic N) is 1. The molecule has 2 aliphatic heterocycles. The molecule has 80 valence electrons. The topological polar surface area (TPSA) is 24.9 Å². The maximum absolute atomic E-state index is 5.93. The third-order valence-electron chi connectivity index (χ3n) is 3.55. The molecule has 3 unspecified atom stereocenters. The van der Waals surface area contributed by atoms with Crippen LogP contribution in [0.3, 0.4) is 0 Å². The van der Waals surface area contributed by atoms with E-state index in [2.05, 4.69) is 39.0 Å². The Labute approximate surface area is 108 Å². The molecule has 2 aliphatic rings. The van der Waals surface area contributed by atoms with Crippen LogP contribution in [0.25, 0.3) is 0 Å². The second-order valence-electron chi connectivity index (χ2n) is 4.43. The highest BCUT2D eigenvalue weighted by Crippen LogP contribution is 2.40. The Hall–Kier alpha value is 0.130.